The van der Waals surface area contributed by atoms with E-state index in [0.717, 1.165) is 24.4 Å². The van der Waals surface area contributed by atoms with Gasteiger partial charge in [0.1, 0.15) is 5.75 Å². The number of nitrogens with zero attached hydrogens (tertiary/aromatic N) is 5. The van der Waals surface area contributed by atoms with Crippen LogP contribution in [0.1, 0.15) is 24.2 Å². The lowest BCUT2D eigenvalue weighted by Crippen LogP contribution is -2.14. The van der Waals surface area contributed by atoms with Gasteiger partial charge in [-0.1, -0.05) is 12.1 Å². The molecule has 0 bridgehead atoms. The third kappa shape index (κ3) is 1.51. The minimum atomic E-state index is -0.0816. The van der Waals surface area contributed by atoms with E-state index in [0.29, 0.717) is 5.78 Å². The van der Waals surface area contributed by atoms with E-state index in [1.54, 1.807) is 24.0 Å². The SMILES string of the molecule is COc1ccc(C2(c3nnc4nccnn34)CC2)cc1. The largest absolute Gasteiger partial charge is 0.497 e. The summed E-state index contributed by atoms with van der Waals surface area (Å²) >= 11 is 0. The van der Waals surface area contributed by atoms with Crippen molar-refractivity contribution in [2.75, 3.05) is 7.11 Å². The molecule has 0 atom stereocenters. The van der Waals surface area contributed by atoms with Crippen LogP contribution in [0.4, 0.5) is 0 Å². The van der Waals surface area contributed by atoms with Crippen molar-refractivity contribution in [3.05, 3.63) is 48.0 Å². The van der Waals surface area contributed by atoms with Crippen LogP contribution < -0.4 is 4.74 Å². The van der Waals surface area contributed by atoms with Crippen LogP contribution in [0.3, 0.4) is 0 Å². The number of aromatic nitrogens is 5. The number of hydrogen-bond donors (Lipinski definition) is 0. The third-order valence-electron chi connectivity index (χ3n) is 3.88. The summed E-state index contributed by atoms with van der Waals surface area (Å²) in [6, 6.07) is 8.13. The van der Waals surface area contributed by atoms with Gasteiger partial charge < -0.3 is 4.74 Å². The van der Waals surface area contributed by atoms with E-state index in [-0.39, 0.29) is 5.41 Å². The molecule has 2 heterocycles. The maximum absolute atomic E-state index is 5.21. The highest BCUT2D eigenvalue weighted by Crippen LogP contribution is 2.52. The summed E-state index contributed by atoms with van der Waals surface area (Å²) in [7, 11) is 1.67. The Morgan fingerprint density at radius 3 is 2.60 bits per heavy atom. The van der Waals surface area contributed by atoms with Crippen LogP contribution >= 0.6 is 0 Å². The predicted molar refractivity (Wildman–Crippen MR) is 71.6 cm³/mol. The van der Waals surface area contributed by atoms with Gasteiger partial charge in [-0.25, -0.2) is 4.98 Å². The number of rotatable bonds is 3. The predicted octanol–water partition coefficient (Wildman–Crippen LogP) is 1.61. The van der Waals surface area contributed by atoms with Crippen LogP contribution in [-0.2, 0) is 5.41 Å². The molecule has 6 heteroatoms. The highest BCUT2D eigenvalue weighted by atomic mass is 16.5. The first kappa shape index (κ1) is 11.3. The van der Waals surface area contributed by atoms with Crippen molar-refractivity contribution in [1.82, 2.24) is 24.8 Å². The minimum absolute atomic E-state index is 0.0816. The molecule has 100 valence electrons. The molecule has 0 amide bonds. The Kier molecular flexibility index (Phi) is 2.26. The first-order valence-corrected chi connectivity index (χ1v) is 6.51. The van der Waals surface area contributed by atoms with E-state index < -0.39 is 0 Å². The molecule has 4 rings (SSSR count). The Morgan fingerprint density at radius 1 is 1.10 bits per heavy atom. The van der Waals surface area contributed by atoms with Crippen molar-refractivity contribution in [2.24, 2.45) is 0 Å². The van der Waals surface area contributed by atoms with E-state index >= 15 is 0 Å². The molecule has 1 saturated carbocycles. The summed E-state index contributed by atoms with van der Waals surface area (Å²) in [5.74, 6) is 2.27. The lowest BCUT2D eigenvalue weighted by atomic mass is 9.95. The van der Waals surface area contributed by atoms with Crippen LogP contribution in [0.2, 0.25) is 0 Å². The quantitative estimate of drug-likeness (QED) is 0.721. The molecule has 2 aromatic heterocycles. The van der Waals surface area contributed by atoms with Gasteiger partial charge in [0.25, 0.3) is 5.78 Å². The smallest absolute Gasteiger partial charge is 0.271 e. The Labute approximate surface area is 115 Å². The zero-order valence-electron chi connectivity index (χ0n) is 11.0. The minimum Gasteiger partial charge on any atom is -0.497 e. The first-order valence-electron chi connectivity index (χ1n) is 6.51. The molecular formula is C14H13N5O. The van der Waals surface area contributed by atoms with Gasteiger partial charge in [-0.05, 0) is 30.5 Å². The summed E-state index contributed by atoms with van der Waals surface area (Å²) in [5, 5.41) is 12.7. The van der Waals surface area contributed by atoms with Gasteiger partial charge in [-0.15, -0.1) is 10.2 Å². The molecule has 1 aliphatic rings. The van der Waals surface area contributed by atoms with Crippen molar-refractivity contribution in [1.29, 1.82) is 0 Å². The van der Waals surface area contributed by atoms with Crippen LogP contribution in [0.5, 0.6) is 5.75 Å². The third-order valence-corrected chi connectivity index (χ3v) is 3.88. The monoisotopic (exact) mass is 267 g/mol. The molecule has 1 aliphatic carbocycles. The van der Waals surface area contributed by atoms with Crippen molar-refractivity contribution in [2.45, 2.75) is 18.3 Å². The van der Waals surface area contributed by atoms with E-state index in [1.165, 1.54) is 5.56 Å². The molecule has 0 spiro atoms. The van der Waals surface area contributed by atoms with E-state index in [4.69, 9.17) is 4.74 Å². The standard InChI is InChI=1S/C14H13N5O/c1-20-11-4-2-10(3-5-11)14(6-7-14)12-17-18-13-15-8-9-16-19(12)13/h2-5,8-9H,6-7H2,1H3. The molecule has 3 aromatic rings. The van der Waals surface area contributed by atoms with Crippen LogP contribution in [0.15, 0.2) is 36.7 Å². The second kappa shape index (κ2) is 4.00. The molecule has 0 radical (unpaired) electrons. The molecular weight excluding hydrogens is 254 g/mol. The van der Waals surface area contributed by atoms with Gasteiger partial charge in [0, 0.05) is 0 Å². The Hall–Kier alpha value is -2.50. The van der Waals surface area contributed by atoms with Crippen molar-refractivity contribution in [3.8, 4) is 5.75 Å². The van der Waals surface area contributed by atoms with Gasteiger partial charge in [-0.3, -0.25) is 0 Å². The molecule has 1 aromatic carbocycles. The highest BCUT2D eigenvalue weighted by molar-refractivity contribution is 5.43. The summed E-state index contributed by atoms with van der Waals surface area (Å²) < 4.78 is 6.94. The number of ether oxygens (including phenoxy) is 1. The Morgan fingerprint density at radius 2 is 1.90 bits per heavy atom. The lowest BCUT2D eigenvalue weighted by molar-refractivity contribution is 0.414. The van der Waals surface area contributed by atoms with Crippen molar-refractivity contribution < 1.29 is 4.74 Å². The van der Waals surface area contributed by atoms with Crippen LogP contribution in [0.25, 0.3) is 5.78 Å². The maximum Gasteiger partial charge on any atom is 0.271 e. The van der Waals surface area contributed by atoms with Crippen LogP contribution in [-0.4, -0.2) is 31.9 Å². The molecule has 0 unspecified atom stereocenters. The Balaban J connectivity index is 1.83. The second-order valence-electron chi connectivity index (χ2n) is 4.99. The van der Waals surface area contributed by atoms with Crippen molar-refractivity contribution in [3.63, 3.8) is 0 Å². The molecule has 0 saturated heterocycles. The lowest BCUT2D eigenvalue weighted by Gasteiger charge is -2.13. The molecule has 0 aliphatic heterocycles. The number of benzene rings is 1. The molecule has 0 N–H and O–H groups in total. The normalized spacial score (nSPS) is 16.2. The molecule has 6 nitrogen and oxygen atoms in total. The van der Waals surface area contributed by atoms with E-state index in [9.17, 15) is 0 Å². The Bertz CT molecular complexity index is 761. The summed E-state index contributed by atoms with van der Waals surface area (Å²) in [5.41, 5.74) is 1.14. The topological polar surface area (TPSA) is 65.2 Å². The molecule has 20 heavy (non-hydrogen) atoms. The van der Waals surface area contributed by atoms with Gasteiger partial charge in [0.15, 0.2) is 5.82 Å². The number of methoxy groups -OCH3 is 1. The maximum atomic E-state index is 5.21. The first-order chi connectivity index (χ1) is 9.83. The van der Waals surface area contributed by atoms with Crippen molar-refractivity contribution >= 4 is 5.78 Å². The fourth-order valence-corrected chi connectivity index (χ4v) is 2.63. The summed E-state index contributed by atoms with van der Waals surface area (Å²) in [6.45, 7) is 0. The summed E-state index contributed by atoms with van der Waals surface area (Å²) in [4.78, 5) is 4.17. The van der Waals surface area contributed by atoms with Gasteiger partial charge >= 0.3 is 0 Å². The molecule has 1 fully saturated rings. The number of hydrogen-bond acceptors (Lipinski definition) is 5. The van der Waals surface area contributed by atoms with Gasteiger partial charge in [-0.2, -0.15) is 9.61 Å². The van der Waals surface area contributed by atoms with E-state index in [1.807, 2.05) is 12.1 Å². The van der Waals surface area contributed by atoms with E-state index in [2.05, 4.69) is 32.4 Å². The van der Waals surface area contributed by atoms with Gasteiger partial charge in [0.05, 0.1) is 24.9 Å². The summed E-state index contributed by atoms with van der Waals surface area (Å²) in [6.07, 6.45) is 5.39. The second-order valence-corrected chi connectivity index (χ2v) is 4.99. The number of fused-ring (bicyclic) bond motifs is 1. The zero-order chi connectivity index (χ0) is 13.6. The van der Waals surface area contributed by atoms with Gasteiger partial charge in [0.2, 0.25) is 0 Å². The average Bonchev–Trinajstić information content (AvgIpc) is 3.20. The zero-order valence-corrected chi connectivity index (χ0v) is 11.0. The fourth-order valence-electron chi connectivity index (χ4n) is 2.63. The highest BCUT2D eigenvalue weighted by Gasteiger charge is 2.50. The van der Waals surface area contributed by atoms with Crippen LogP contribution in [0, 0.1) is 0 Å². The fraction of sp³-hybridized carbons (Fsp3) is 0.286. The average molecular weight is 267 g/mol.